The number of carboxylic acid groups (broad SMARTS) is 1. The quantitative estimate of drug-likeness (QED) is 0.699. The van der Waals surface area contributed by atoms with Crippen LogP contribution in [0.15, 0.2) is 0 Å². The smallest absolute Gasteiger partial charge is 0.471 e. The summed E-state index contributed by atoms with van der Waals surface area (Å²) in [5.41, 5.74) is 0. The first-order valence-corrected chi connectivity index (χ1v) is 4.03. The van der Waals surface area contributed by atoms with Gasteiger partial charge in [-0.05, 0) is 0 Å². The third kappa shape index (κ3) is 2.39. The third-order valence-corrected chi connectivity index (χ3v) is 2.06. The Bertz CT molecular complexity index is 326. The summed E-state index contributed by atoms with van der Waals surface area (Å²) in [5.74, 6) is -8.05. The highest BCUT2D eigenvalue weighted by molar-refractivity contribution is 5.87. The number of nitrogens with zero attached hydrogens (tertiary/aromatic N) is 1. The van der Waals surface area contributed by atoms with Crippen molar-refractivity contribution in [2.24, 2.45) is 0 Å². The van der Waals surface area contributed by atoms with E-state index < -0.39 is 43.0 Å². The molecule has 1 rings (SSSR count). The Morgan fingerprint density at radius 1 is 1.31 bits per heavy atom. The van der Waals surface area contributed by atoms with Gasteiger partial charge < -0.3 is 10.0 Å². The minimum absolute atomic E-state index is 0.359. The Morgan fingerprint density at radius 3 is 2.19 bits per heavy atom. The average Bonchev–Trinajstić information content (AvgIpc) is 2.38. The molecule has 0 aliphatic carbocycles. The number of rotatable bonds is 1. The van der Waals surface area contributed by atoms with Gasteiger partial charge in [-0.3, -0.25) is 4.79 Å². The van der Waals surface area contributed by atoms with Gasteiger partial charge in [0.05, 0.1) is 6.54 Å². The van der Waals surface area contributed by atoms with Gasteiger partial charge in [0.15, 0.2) is 0 Å². The molecule has 0 spiro atoms. The molecule has 1 amide bonds. The number of carboxylic acids is 1. The molecule has 1 aliphatic heterocycles. The summed E-state index contributed by atoms with van der Waals surface area (Å²) >= 11 is 0. The molecule has 16 heavy (non-hydrogen) atoms. The molecule has 0 saturated carbocycles. The van der Waals surface area contributed by atoms with Gasteiger partial charge in [-0.2, -0.15) is 13.2 Å². The molecule has 1 fully saturated rings. The molecule has 9 heteroatoms. The van der Waals surface area contributed by atoms with E-state index in [4.69, 9.17) is 5.11 Å². The summed E-state index contributed by atoms with van der Waals surface area (Å²) < 4.78 is 61.3. The Hall–Kier alpha value is -1.41. The van der Waals surface area contributed by atoms with E-state index >= 15 is 0 Å². The normalized spacial score (nSPS) is 24.6. The van der Waals surface area contributed by atoms with Gasteiger partial charge in [0.1, 0.15) is 6.04 Å². The van der Waals surface area contributed by atoms with Crippen molar-refractivity contribution >= 4 is 11.9 Å². The molecule has 1 N–H and O–H groups in total. The van der Waals surface area contributed by atoms with Crippen molar-refractivity contribution in [3.8, 4) is 0 Å². The maximum absolute atomic E-state index is 12.7. The highest BCUT2D eigenvalue weighted by Crippen LogP contribution is 2.34. The zero-order chi connectivity index (χ0) is 12.7. The molecule has 92 valence electrons. The number of aliphatic carboxylic acids is 1. The van der Waals surface area contributed by atoms with Crippen molar-refractivity contribution in [1.82, 2.24) is 4.90 Å². The summed E-state index contributed by atoms with van der Waals surface area (Å²) in [6, 6.07) is -2.14. The number of carbonyl (C=O) groups is 2. The van der Waals surface area contributed by atoms with Crippen LogP contribution in [-0.2, 0) is 9.59 Å². The SMILES string of the molecule is O=C(O)[C@H]1CC(F)(F)CN1C(=O)C(F)(F)F. The minimum atomic E-state index is -5.35. The standard InChI is InChI=1S/C7H6F5NO3/c8-6(9)1-3(4(14)15)13(2-6)5(16)7(10,11)12/h3H,1-2H2,(H,14,15)/t3-/m1/s1. The van der Waals surface area contributed by atoms with E-state index in [2.05, 4.69) is 0 Å². The highest BCUT2D eigenvalue weighted by atomic mass is 19.4. The lowest BCUT2D eigenvalue weighted by Crippen LogP contribution is -2.47. The molecule has 0 aromatic rings. The van der Waals surface area contributed by atoms with Crippen LogP contribution in [0.3, 0.4) is 0 Å². The Morgan fingerprint density at radius 2 is 1.81 bits per heavy atom. The van der Waals surface area contributed by atoms with Crippen molar-refractivity contribution in [2.75, 3.05) is 6.54 Å². The summed E-state index contributed by atoms with van der Waals surface area (Å²) in [5, 5.41) is 8.44. The maximum Gasteiger partial charge on any atom is 0.471 e. The first-order chi connectivity index (χ1) is 7.04. The van der Waals surface area contributed by atoms with E-state index in [-0.39, 0.29) is 4.90 Å². The largest absolute Gasteiger partial charge is 0.480 e. The van der Waals surface area contributed by atoms with Crippen LogP contribution in [0.2, 0.25) is 0 Å². The lowest BCUT2D eigenvalue weighted by atomic mass is 10.2. The molecule has 1 heterocycles. The van der Waals surface area contributed by atoms with Crippen molar-refractivity contribution in [3.05, 3.63) is 0 Å². The van der Waals surface area contributed by atoms with Gasteiger partial charge >= 0.3 is 18.1 Å². The summed E-state index contributed by atoms with van der Waals surface area (Å²) in [4.78, 5) is 20.8. The number of hydrogen-bond acceptors (Lipinski definition) is 2. The fourth-order valence-electron chi connectivity index (χ4n) is 1.41. The van der Waals surface area contributed by atoms with E-state index in [1.807, 2.05) is 0 Å². The molecule has 0 bridgehead atoms. The second-order valence-electron chi connectivity index (χ2n) is 3.34. The summed E-state index contributed by atoms with van der Waals surface area (Å²) in [7, 11) is 0. The number of amides is 1. The number of carbonyl (C=O) groups excluding carboxylic acids is 1. The van der Waals surface area contributed by atoms with Crippen LogP contribution in [0.4, 0.5) is 22.0 Å². The van der Waals surface area contributed by atoms with Gasteiger partial charge in [-0.15, -0.1) is 0 Å². The molecule has 1 saturated heterocycles. The van der Waals surface area contributed by atoms with Crippen LogP contribution in [0, 0.1) is 0 Å². The van der Waals surface area contributed by atoms with E-state index in [9.17, 15) is 31.5 Å². The van der Waals surface area contributed by atoms with Crippen molar-refractivity contribution < 1.29 is 36.6 Å². The Balaban J connectivity index is 2.95. The number of likely N-dealkylation sites (tertiary alicyclic amines) is 1. The molecule has 0 aromatic heterocycles. The molecule has 1 atom stereocenters. The Kier molecular flexibility index (Phi) is 2.82. The molecule has 0 aromatic carbocycles. The highest BCUT2D eigenvalue weighted by Gasteiger charge is 2.55. The molecule has 4 nitrogen and oxygen atoms in total. The zero-order valence-corrected chi connectivity index (χ0v) is 7.59. The first kappa shape index (κ1) is 12.7. The second kappa shape index (κ2) is 3.56. The van der Waals surface area contributed by atoms with E-state index in [0.717, 1.165) is 0 Å². The lowest BCUT2D eigenvalue weighted by molar-refractivity contribution is -0.188. The fraction of sp³-hybridized carbons (Fsp3) is 0.714. The second-order valence-corrected chi connectivity index (χ2v) is 3.34. The number of hydrogen-bond donors (Lipinski definition) is 1. The molecule has 0 radical (unpaired) electrons. The van der Waals surface area contributed by atoms with Gasteiger partial charge in [0.2, 0.25) is 0 Å². The van der Waals surface area contributed by atoms with Gasteiger partial charge in [0.25, 0.3) is 5.92 Å². The average molecular weight is 247 g/mol. The number of halogens is 5. The predicted octanol–water partition coefficient (Wildman–Crippen LogP) is 0.869. The van der Waals surface area contributed by atoms with Gasteiger partial charge in [-0.25, -0.2) is 13.6 Å². The van der Waals surface area contributed by atoms with Gasteiger partial charge in [0, 0.05) is 6.42 Å². The van der Waals surface area contributed by atoms with Crippen LogP contribution in [0.25, 0.3) is 0 Å². The maximum atomic E-state index is 12.7. The monoisotopic (exact) mass is 247 g/mol. The topological polar surface area (TPSA) is 57.6 Å². The third-order valence-electron chi connectivity index (χ3n) is 2.06. The van der Waals surface area contributed by atoms with Crippen molar-refractivity contribution in [2.45, 2.75) is 24.6 Å². The fourth-order valence-corrected chi connectivity index (χ4v) is 1.41. The minimum Gasteiger partial charge on any atom is -0.480 e. The van der Waals surface area contributed by atoms with Crippen molar-refractivity contribution in [3.63, 3.8) is 0 Å². The van der Waals surface area contributed by atoms with Crippen molar-refractivity contribution in [1.29, 1.82) is 0 Å². The molecule has 1 aliphatic rings. The van der Waals surface area contributed by atoms with E-state index in [1.54, 1.807) is 0 Å². The van der Waals surface area contributed by atoms with E-state index in [0.29, 0.717) is 0 Å². The first-order valence-electron chi connectivity index (χ1n) is 4.03. The van der Waals surface area contributed by atoms with Gasteiger partial charge in [-0.1, -0.05) is 0 Å². The van der Waals surface area contributed by atoms with Crippen LogP contribution in [0.5, 0.6) is 0 Å². The zero-order valence-electron chi connectivity index (χ0n) is 7.59. The lowest BCUT2D eigenvalue weighted by Gasteiger charge is -2.21. The Labute approximate surface area is 85.6 Å². The number of alkyl halides is 5. The summed E-state index contributed by atoms with van der Waals surface area (Å²) in [6.07, 6.45) is -6.65. The van der Waals surface area contributed by atoms with Crippen LogP contribution in [-0.4, -0.2) is 46.6 Å². The molecular formula is C7H6F5NO3. The molecular weight excluding hydrogens is 241 g/mol. The van der Waals surface area contributed by atoms with E-state index in [1.165, 1.54) is 0 Å². The van der Waals surface area contributed by atoms with Crippen LogP contribution >= 0.6 is 0 Å². The van der Waals surface area contributed by atoms with Crippen LogP contribution < -0.4 is 0 Å². The van der Waals surface area contributed by atoms with Crippen LogP contribution in [0.1, 0.15) is 6.42 Å². The summed E-state index contributed by atoms with van der Waals surface area (Å²) in [6.45, 7) is -1.53. The predicted molar refractivity (Wildman–Crippen MR) is 38.8 cm³/mol. The molecule has 0 unspecified atom stereocenters.